The van der Waals surface area contributed by atoms with Crippen molar-refractivity contribution in [3.63, 3.8) is 0 Å². The van der Waals surface area contributed by atoms with E-state index in [0.29, 0.717) is 19.7 Å². The van der Waals surface area contributed by atoms with E-state index in [2.05, 4.69) is 55.3 Å². The molecule has 50 heavy (non-hydrogen) atoms. The van der Waals surface area contributed by atoms with Crippen LogP contribution in [0.3, 0.4) is 0 Å². The van der Waals surface area contributed by atoms with E-state index in [1.165, 1.54) is 16.8 Å². The number of nitrogens with zero attached hydrogens (tertiary/aromatic N) is 2. The van der Waals surface area contributed by atoms with E-state index in [1.807, 2.05) is 71.6 Å². The van der Waals surface area contributed by atoms with E-state index in [1.54, 1.807) is 0 Å². The highest BCUT2D eigenvalue weighted by atomic mass is 28.4. The number of hydrogen-bond donors (Lipinski definition) is 3. The van der Waals surface area contributed by atoms with Crippen molar-refractivity contribution in [2.45, 2.75) is 76.4 Å². The lowest BCUT2D eigenvalue weighted by Gasteiger charge is -2.44. The van der Waals surface area contributed by atoms with Gasteiger partial charge in [0.25, 0.3) is 13.9 Å². The largest absolute Gasteiger partial charge is 0.405 e. The number of β-amino-alcohol motifs (C(OH)–C–C–N with tert-alkyl or cyclic N) is 1. The lowest BCUT2D eigenvalue weighted by Crippen LogP contribution is -2.67. The molecule has 1 amide bonds. The molecule has 1 aliphatic heterocycles. The molecule has 0 radical (unpaired) electrons. The minimum absolute atomic E-state index is 0.152. The van der Waals surface area contributed by atoms with Gasteiger partial charge in [-0.1, -0.05) is 118 Å². The van der Waals surface area contributed by atoms with Gasteiger partial charge in [0, 0.05) is 25.4 Å². The summed E-state index contributed by atoms with van der Waals surface area (Å²) in [6.07, 6.45) is 2.88. The molecule has 0 spiro atoms. The van der Waals surface area contributed by atoms with Gasteiger partial charge in [-0.05, 0) is 40.4 Å². The third-order valence-corrected chi connectivity index (χ3v) is 14.5. The van der Waals surface area contributed by atoms with Crippen molar-refractivity contribution < 1.29 is 19.1 Å². The fourth-order valence-electron chi connectivity index (χ4n) is 6.85. The van der Waals surface area contributed by atoms with Crippen molar-refractivity contribution in [2.75, 3.05) is 26.3 Å². The summed E-state index contributed by atoms with van der Waals surface area (Å²) in [4.78, 5) is 41.7. The number of rotatable bonds is 15. The van der Waals surface area contributed by atoms with E-state index >= 15 is 0 Å². The molecule has 4 aromatic rings. The average Bonchev–Trinajstić information content (AvgIpc) is 3.21. The number of amides is 1. The van der Waals surface area contributed by atoms with Crippen LogP contribution < -0.4 is 26.9 Å². The summed E-state index contributed by atoms with van der Waals surface area (Å²) in [7, 11) is -2.90. The summed E-state index contributed by atoms with van der Waals surface area (Å²) in [5.41, 5.74) is 0.175. The quantitative estimate of drug-likeness (QED) is 0.129. The van der Waals surface area contributed by atoms with Crippen molar-refractivity contribution in [2.24, 2.45) is 0 Å². The molecular formula is C39H50N4O6Si. The van der Waals surface area contributed by atoms with Crippen LogP contribution >= 0.6 is 0 Å². The van der Waals surface area contributed by atoms with Crippen molar-refractivity contribution in [3.8, 4) is 0 Å². The minimum Gasteiger partial charge on any atom is -0.405 e. The predicted octanol–water partition coefficient (Wildman–Crippen LogP) is 3.03. The van der Waals surface area contributed by atoms with Gasteiger partial charge in [0.05, 0.1) is 32.0 Å². The van der Waals surface area contributed by atoms with Crippen LogP contribution in [0.25, 0.3) is 0 Å². The zero-order valence-corrected chi connectivity index (χ0v) is 30.3. The number of aliphatic hydroxyl groups excluding tert-OH is 1. The van der Waals surface area contributed by atoms with E-state index < -0.39 is 37.8 Å². The van der Waals surface area contributed by atoms with Crippen LogP contribution in [0.15, 0.2) is 113 Å². The second-order valence-corrected chi connectivity index (χ2v) is 18.3. The lowest BCUT2D eigenvalue weighted by molar-refractivity contribution is -0.128. The minimum atomic E-state index is -2.90. The Morgan fingerprint density at radius 3 is 2.00 bits per heavy atom. The molecule has 0 unspecified atom stereocenters. The van der Waals surface area contributed by atoms with E-state index in [4.69, 9.17) is 9.16 Å². The highest BCUT2D eigenvalue weighted by Gasteiger charge is 2.51. The number of carbonyl (C=O) groups is 1. The van der Waals surface area contributed by atoms with Gasteiger partial charge in [0.2, 0.25) is 5.91 Å². The summed E-state index contributed by atoms with van der Waals surface area (Å²) in [5, 5.41) is 16.8. The molecule has 0 saturated carbocycles. The highest BCUT2D eigenvalue weighted by molar-refractivity contribution is 6.99. The van der Waals surface area contributed by atoms with Crippen LogP contribution in [-0.2, 0) is 27.1 Å². The molecule has 2 heterocycles. The average molecular weight is 699 g/mol. The first-order valence-corrected chi connectivity index (χ1v) is 19.4. The van der Waals surface area contributed by atoms with Gasteiger partial charge < -0.3 is 24.2 Å². The maximum atomic E-state index is 14.0. The number of aromatic amines is 1. The molecule has 266 valence electrons. The SMILES string of the molecule is CC(C)(C)[Si](OC[C@H]1NC(=O)[C@H](COCc2ccccc2)N(CCCCCn2ccc(=O)[nH]c2=O)C[C@@H]1O)(c1ccccc1)c1ccccc1. The molecule has 1 saturated heterocycles. The van der Waals surface area contributed by atoms with Crippen molar-refractivity contribution in [1.29, 1.82) is 0 Å². The van der Waals surface area contributed by atoms with E-state index in [9.17, 15) is 19.5 Å². The van der Waals surface area contributed by atoms with Gasteiger partial charge in [-0.15, -0.1) is 0 Å². The smallest absolute Gasteiger partial charge is 0.328 e. The lowest BCUT2D eigenvalue weighted by atomic mass is 10.1. The van der Waals surface area contributed by atoms with Gasteiger partial charge in [-0.3, -0.25) is 19.5 Å². The molecular weight excluding hydrogens is 649 g/mol. The first-order chi connectivity index (χ1) is 24.1. The second kappa shape index (κ2) is 17.2. The number of hydrogen-bond acceptors (Lipinski definition) is 7. The third-order valence-electron chi connectivity index (χ3n) is 9.48. The number of aryl methyl sites for hydroxylation is 1. The second-order valence-electron chi connectivity index (χ2n) is 14.0. The molecule has 3 aromatic carbocycles. The number of H-pyrrole nitrogens is 1. The van der Waals surface area contributed by atoms with Gasteiger partial charge in [-0.2, -0.15) is 0 Å². The molecule has 0 bridgehead atoms. The fraction of sp³-hybridized carbons (Fsp3) is 0.410. The number of benzene rings is 3. The summed E-state index contributed by atoms with van der Waals surface area (Å²) in [5.74, 6) is -0.203. The normalized spacial score (nSPS) is 18.8. The predicted molar refractivity (Wildman–Crippen MR) is 198 cm³/mol. The number of ether oxygens (including phenoxy) is 1. The van der Waals surface area contributed by atoms with Crippen LogP contribution in [0, 0.1) is 0 Å². The Morgan fingerprint density at radius 1 is 0.800 bits per heavy atom. The van der Waals surface area contributed by atoms with Crippen LogP contribution in [-0.4, -0.2) is 78.3 Å². The van der Waals surface area contributed by atoms with Crippen molar-refractivity contribution in [3.05, 3.63) is 130 Å². The van der Waals surface area contributed by atoms with Crippen LogP contribution in [0.1, 0.15) is 45.6 Å². The van der Waals surface area contributed by atoms with Crippen LogP contribution in [0.5, 0.6) is 0 Å². The Kier molecular flexibility index (Phi) is 12.8. The van der Waals surface area contributed by atoms with Crippen molar-refractivity contribution in [1.82, 2.24) is 19.8 Å². The number of nitrogens with one attached hydrogen (secondary N) is 2. The molecule has 1 fully saturated rings. The summed E-state index contributed by atoms with van der Waals surface area (Å²) < 4.78 is 14.7. The highest BCUT2D eigenvalue weighted by Crippen LogP contribution is 2.37. The first kappa shape index (κ1) is 37.1. The number of unbranched alkanes of at least 4 members (excludes halogenated alkanes) is 2. The van der Waals surface area contributed by atoms with Crippen molar-refractivity contribution >= 4 is 24.6 Å². The Bertz CT molecular complexity index is 1720. The van der Waals surface area contributed by atoms with Crippen LogP contribution in [0.4, 0.5) is 0 Å². The molecule has 3 atom stereocenters. The summed E-state index contributed by atoms with van der Waals surface area (Å²) in [6, 6.07) is 30.6. The number of carbonyl (C=O) groups excluding carboxylic acids is 1. The Hall–Kier alpha value is -4.13. The molecule has 10 nitrogen and oxygen atoms in total. The molecule has 1 aliphatic rings. The number of aromatic nitrogens is 2. The topological polar surface area (TPSA) is 126 Å². The van der Waals surface area contributed by atoms with Gasteiger partial charge in [-0.25, -0.2) is 4.79 Å². The maximum absolute atomic E-state index is 14.0. The molecule has 5 rings (SSSR count). The zero-order valence-electron chi connectivity index (χ0n) is 29.3. The van der Waals surface area contributed by atoms with Gasteiger partial charge in [0.15, 0.2) is 0 Å². The summed E-state index contributed by atoms with van der Waals surface area (Å²) >= 11 is 0. The Morgan fingerprint density at radius 2 is 1.40 bits per heavy atom. The van der Waals surface area contributed by atoms with Crippen LogP contribution in [0.2, 0.25) is 5.04 Å². The van der Waals surface area contributed by atoms with Gasteiger partial charge in [0.1, 0.15) is 6.04 Å². The monoisotopic (exact) mass is 698 g/mol. The maximum Gasteiger partial charge on any atom is 0.328 e. The zero-order chi connectivity index (χ0) is 35.6. The van der Waals surface area contributed by atoms with E-state index in [-0.39, 0.29) is 30.7 Å². The summed E-state index contributed by atoms with van der Waals surface area (Å²) in [6.45, 7) is 8.62. The number of aliphatic hydroxyl groups is 1. The van der Waals surface area contributed by atoms with E-state index in [0.717, 1.165) is 35.2 Å². The first-order valence-electron chi connectivity index (χ1n) is 17.5. The fourth-order valence-corrected chi connectivity index (χ4v) is 11.4. The standard InChI is InChI=1S/C39H50N4O6Si/c1-39(2,3)50(31-18-10-5-11-19-31,32-20-12-6-13-21-32)49-28-33-35(44)26-43(24-15-7-14-23-42-25-22-36(45)41-38(42)47)34(37(46)40-33)29-48-27-30-16-8-4-9-17-30/h4-6,8-13,16-22,25,33-35,44H,7,14-15,23-24,26-29H2,1-3H3,(H,40,46)(H,41,45,47)/t33-,34+,35+/m1/s1. The van der Waals surface area contributed by atoms with Gasteiger partial charge >= 0.3 is 5.69 Å². The Balaban J connectivity index is 1.32. The molecule has 3 N–H and O–H groups in total. The molecule has 0 aliphatic carbocycles. The molecule has 1 aromatic heterocycles. The Labute approximate surface area is 295 Å². The third kappa shape index (κ3) is 9.15. The molecule has 11 heteroatoms.